The molecule has 90 valence electrons. The predicted octanol–water partition coefficient (Wildman–Crippen LogP) is 1.89. The van der Waals surface area contributed by atoms with Crippen molar-refractivity contribution in [3.63, 3.8) is 0 Å². The van der Waals surface area contributed by atoms with Crippen molar-refractivity contribution in [2.45, 2.75) is 0 Å². The molecule has 1 rings (SSSR count). The number of anilines is 1. The van der Waals surface area contributed by atoms with Crippen molar-refractivity contribution in [3.05, 3.63) is 28.2 Å². The number of carbonyl (C=O) groups is 1. The zero-order chi connectivity index (χ0) is 12.8. The number of halogens is 3. The SMILES string of the molecule is C#CCNCC(=O)Nc1c(F)cc(F)cc1Br. The lowest BCUT2D eigenvalue weighted by Crippen LogP contribution is -2.28. The number of hydrogen-bond donors (Lipinski definition) is 2. The minimum absolute atomic E-state index is 0.0482. The van der Waals surface area contributed by atoms with Crippen LogP contribution in [0.15, 0.2) is 16.6 Å². The molecular weight excluding hydrogens is 294 g/mol. The molecule has 0 aliphatic heterocycles. The second-order valence-corrected chi connectivity index (χ2v) is 3.95. The first-order valence-corrected chi connectivity index (χ1v) is 5.42. The van der Waals surface area contributed by atoms with Crippen LogP contribution in [0.5, 0.6) is 0 Å². The summed E-state index contributed by atoms with van der Waals surface area (Å²) in [4.78, 5) is 11.4. The number of terminal acetylenes is 1. The van der Waals surface area contributed by atoms with Crippen LogP contribution in [0.3, 0.4) is 0 Å². The Morgan fingerprint density at radius 3 is 2.76 bits per heavy atom. The molecule has 1 aromatic rings. The quantitative estimate of drug-likeness (QED) is 0.659. The van der Waals surface area contributed by atoms with Crippen molar-refractivity contribution in [3.8, 4) is 12.3 Å². The standard InChI is InChI=1S/C11H9BrF2N2O/c1-2-3-15-6-10(17)16-11-8(12)4-7(13)5-9(11)14/h1,4-5,15H,3,6H2,(H,16,17). The maximum atomic E-state index is 13.3. The fourth-order valence-corrected chi connectivity index (χ4v) is 1.60. The van der Waals surface area contributed by atoms with Crippen LogP contribution in [0.25, 0.3) is 0 Å². The van der Waals surface area contributed by atoms with E-state index in [1.165, 1.54) is 0 Å². The summed E-state index contributed by atoms with van der Waals surface area (Å²) < 4.78 is 26.2. The van der Waals surface area contributed by atoms with Gasteiger partial charge in [-0.1, -0.05) is 5.92 Å². The van der Waals surface area contributed by atoms with Gasteiger partial charge in [-0.15, -0.1) is 6.42 Å². The summed E-state index contributed by atoms with van der Waals surface area (Å²) in [6, 6.07) is 1.75. The fraction of sp³-hybridized carbons (Fsp3) is 0.182. The van der Waals surface area contributed by atoms with Gasteiger partial charge in [-0.05, 0) is 22.0 Å². The van der Waals surface area contributed by atoms with Crippen molar-refractivity contribution >= 4 is 27.5 Å². The van der Waals surface area contributed by atoms with Crippen LogP contribution < -0.4 is 10.6 Å². The van der Waals surface area contributed by atoms with Gasteiger partial charge in [-0.3, -0.25) is 10.1 Å². The van der Waals surface area contributed by atoms with Gasteiger partial charge in [0.15, 0.2) is 5.82 Å². The number of amides is 1. The molecule has 0 aliphatic carbocycles. The van der Waals surface area contributed by atoms with E-state index in [1.807, 2.05) is 0 Å². The minimum Gasteiger partial charge on any atom is -0.322 e. The largest absolute Gasteiger partial charge is 0.322 e. The fourth-order valence-electron chi connectivity index (χ4n) is 1.09. The number of rotatable bonds is 4. The van der Waals surface area contributed by atoms with Crippen LogP contribution in [0.1, 0.15) is 0 Å². The van der Waals surface area contributed by atoms with Gasteiger partial charge in [0, 0.05) is 10.5 Å². The van der Waals surface area contributed by atoms with Crippen molar-refractivity contribution in [1.82, 2.24) is 5.32 Å². The molecule has 6 heteroatoms. The van der Waals surface area contributed by atoms with Crippen molar-refractivity contribution < 1.29 is 13.6 Å². The van der Waals surface area contributed by atoms with Crippen molar-refractivity contribution in [2.75, 3.05) is 18.4 Å². The van der Waals surface area contributed by atoms with Gasteiger partial charge in [-0.25, -0.2) is 8.78 Å². The second-order valence-electron chi connectivity index (χ2n) is 3.10. The third-order valence-electron chi connectivity index (χ3n) is 1.78. The Balaban J connectivity index is 2.69. The normalized spacial score (nSPS) is 9.76. The molecule has 0 heterocycles. The van der Waals surface area contributed by atoms with Gasteiger partial charge in [0.1, 0.15) is 5.82 Å². The first-order chi connectivity index (χ1) is 8.04. The lowest BCUT2D eigenvalue weighted by molar-refractivity contribution is -0.115. The van der Waals surface area contributed by atoms with Crippen LogP contribution in [-0.2, 0) is 4.79 Å². The predicted molar refractivity (Wildman–Crippen MR) is 64.4 cm³/mol. The monoisotopic (exact) mass is 302 g/mol. The van der Waals surface area contributed by atoms with Crippen molar-refractivity contribution in [2.24, 2.45) is 0 Å². The molecule has 2 N–H and O–H groups in total. The molecule has 0 unspecified atom stereocenters. The minimum atomic E-state index is -0.845. The highest BCUT2D eigenvalue weighted by molar-refractivity contribution is 9.10. The van der Waals surface area contributed by atoms with Gasteiger partial charge >= 0.3 is 0 Å². The molecule has 0 fully saturated rings. The Morgan fingerprint density at radius 2 is 2.18 bits per heavy atom. The average molecular weight is 303 g/mol. The van der Waals surface area contributed by atoms with E-state index in [4.69, 9.17) is 6.42 Å². The highest BCUT2D eigenvalue weighted by Crippen LogP contribution is 2.26. The third-order valence-corrected chi connectivity index (χ3v) is 2.41. The smallest absolute Gasteiger partial charge is 0.238 e. The van der Waals surface area contributed by atoms with E-state index in [9.17, 15) is 13.6 Å². The van der Waals surface area contributed by atoms with E-state index in [1.54, 1.807) is 0 Å². The average Bonchev–Trinajstić information content (AvgIpc) is 2.24. The zero-order valence-electron chi connectivity index (χ0n) is 8.69. The molecule has 0 bridgehead atoms. The van der Waals surface area contributed by atoms with Gasteiger partial charge in [0.25, 0.3) is 0 Å². The van der Waals surface area contributed by atoms with E-state index in [0.717, 1.165) is 6.07 Å². The molecule has 1 aromatic carbocycles. The molecule has 0 saturated heterocycles. The Hall–Kier alpha value is -1.45. The van der Waals surface area contributed by atoms with E-state index >= 15 is 0 Å². The molecule has 0 saturated carbocycles. The summed E-state index contributed by atoms with van der Waals surface area (Å²) in [5, 5.41) is 4.95. The van der Waals surface area contributed by atoms with Gasteiger partial charge in [0.2, 0.25) is 5.91 Å². The van der Waals surface area contributed by atoms with Gasteiger partial charge in [-0.2, -0.15) is 0 Å². The zero-order valence-corrected chi connectivity index (χ0v) is 10.3. The number of carbonyl (C=O) groups excluding carboxylic acids is 1. The molecule has 1 amide bonds. The second kappa shape index (κ2) is 6.33. The Bertz CT molecular complexity index is 448. The molecular formula is C11H9BrF2N2O. The highest BCUT2D eigenvalue weighted by atomic mass is 79.9. The molecule has 0 aromatic heterocycles. The van der Waals surface area contributed by atoms with Crippen LogP contribution >= 0.6 is 15.9 Å². The van der Waals surface area contributed by atoms with Crippen LogP contribution in [0.4, 0.5) is 14.5 Å². The lowest BCUT2D eigenvalue weighted by Gasteiger charge is -2.08. The summed E-state index contributed by atoms with van der Waals surface area (Å²) in [5.41, 5.74) is -0.0982. The maximum Gasteiger partial charge on any atom is 0.238 e. The van der Waals surface area contributed by atoms with Crippen molar-refractivity contribution in [1.29, 1.82) is 0 Å². The summed E-state index contributed by atoms with van der Waals surface area (Å²) in [5.74, 6) is 0.257. The number of benzene rings is 1. The van der Waals surface area contributed by atoms with Gasteiger partial charge in [0.05, 0.1) is 18.8 Å². The highest BCUT2D eigenvalue weighted by Gasteiger charge is 2.12. The molecule has 3 nitrogen and oxygen atoms in total. The topological polar surface area (TPSA) is 41.1 Å². The summed E-state index contributed by atoms with van der Waals surface area (Å²) in [7, 11) is 0. The Kier molecular flexibility index (Phi) is 5.07. The third kappa shape index (κ3) is 4.13. The van der Waals surface area contributed by atoms with Crippen LogP contribution in [-0.4, -0.2) is 19.0 Å². The summed E-state index contributed by atoms with van der Waals surface area (Å²) in [6.07, 6.45) is 4.98. The first-order valence-electron chi connectivity index (χ1n) is 4.63. The Morgan fingerprint density at radius 1 is 1.47 bits per heavy atom. The molecule has 0 aliphatic rings. The van der Waals surface area contributed by atoms with E-state index in [2.05, 4.69) is 32.5 Å². The molecule has 0 atom stereocenters. The molecule has 17 heavy (non-hydrogen) atoms. The van der Waals surface area contributed by atoms with Crippen LogP contribution in [0, 0.1) is 24.0 Å². The van der Waals surface area contributed by atoms with E-state index in [-0.39, 0.29) is 23.2 Å². The van der Waals surface area contributed by atoms with Gasteiger partial charge < -0.3 is 5.32 Å². The maximum absolute atomic E-state index is 13.3. The Labute approximate surface area is 106 Å². The molecule has 0 spiro atoms. The van der Waals surface area contributed by atoms with E-state index in [0.29, 0.717) is 6.07 Å². The lowest BCUT2D eigenvalue weighted by atomic mass is 10.3. The van der Waals surface area contributed by atoms with E-state index < -0.39 is 17.5 Å². The summed E-state index contributed by atoms with van der Waals surface area (Å²) in [6.45, 7) is 0.188. The first kappa shape index (κ1) is 13.6. The summed E-state index contributed by atoms with van der Waals surface area (Å²) >= 11 is 2.96. The number of hydrogen-bond acceptors (Lipinski definition) is 2. The molecule has 0 radical (unpaired) electrons. The van der Waals surface area contributed by atoms with Crippen LogP contribution in [0.2, 0.25) is 0 Å². The number of nitrogens with one attached hydrogen (secondary N) is 2.